The minimum Gasteiger partial charge on any atom is -0.408 e. The van der Waals surface area contributed by atoms with E-state index in [1.54, 1.807) is 6.07 Å². The van der Waals surface area contributed by atoms with Crippen LogP contribution in [0.1, 0.15) is 26.2 Å². The number of rotatable bonds is 4. The highest BCUT2D eigenvalue weighted by molar-refractivity contribution is 5.78. The predicted molar refractivity (Wildman–Crippen MR) is 85.2 cm³/mol. The van der Waals surface area contributed by atoms with Gasteiger partial charge in [-0.25, -0.2) is 4.79 Å². The van der Waals surface area contributed by atoms with E-state index in [0.717, 1.165) is 44.7 Å². The highest BCUT2D eigenvalue weighted by Gasteiger charge is 2.21. The van der Waals surface area contributed by atoms with Gasteiger partial charge in [-0.05, 0) is 24.6 Å². The van der Waals surface area contributed by atoms with Crippen molar-refractivity contribution < 1.29 is 9.21 Å². The largest absolute Gasteiger partial charge is 0.417 e. The van der Waals surface area contributed by atoms with E-state index in [1.165, 1.54) is 0 Å². The summed E-state index contributed by atoms with van der Waals surface area (Å²) in [6.07, 6.45) is 2.66. The predicted octanol–water partition coefficient (Wildman–Crippen LogP) is 1.96. The van der Waals surface area contributed by atoms with E-state index in [2.05, 4.69) is 16.8 Å². The fourth-order valence-corrected chi connectivity index (χ4v) is 2.84. The van der Waals surface area contributed by atoms with Crippen molar-refractivity contribution in [2.75, 3.05) is 31.1 Å². The Balaban J connectivity index is 1.64. The van der Waals surface area contributed by atoms with E-state index in [0.29, 0.717) is 17.5 Å². The second-order valence-corrected chi connectivity index (χ2v) is 5.67. The van der Waals surface area contributed by atoms with Gasteiger partial charge in [-0.3, -0.25) is 9.78 Å². The summed E-state index contributed by atoms with van der Waals surface area (Å²) in [7, 11) is 0. The molecule has 0 aliphatic carbocycles. The monoisotopic (exact) mass is 303 g/mol. The fraction of sp³-hybridized carbons (Fsp3) is 0.500. The summed E-state index contributed by atoms with van der Waals surface area (Å²) < 4.78 is 5.01. The number of amides is 1. The molecule has 2 heterocycles. The summed E-state index contributed by atoms with van der Waals surface area (Å²) in [5, 5.41) is 0. The van der Waals surface area contributed by atoms with Gasteiger partial charge in [-0.2, -0.15) is 0 Å². The maximum absolute atomic E-state index is 12.0. The summed E-state index contributed by atoms with van der Waals surface area (Å²) in [4.78, 5) is 30.1. The number of piperazine rings is 1. The normalized spacial score (nSPS) is 15.5. The van der Waals surface area contributed by atoms with E-state index >= 15 is 0 Å². The van der Waals surface area contributed by atoms with Crippen molar-refractivity contribution in [3.8, 4) is 0 Å². The van der Waals surface area contributed by atoms with Crippen LogP contribution < -0.4 is 10.7 Å². The number of oxazole rings is 1. The van der Waals surface area contributed by atoms with Gasteiger partial charge in [-0.15, -0.1) is 0 Å². The van der Waals surface area contributed by atoms with Crippen LogP contribution in [0.3, 0.4) is 0 Å². The minimum absolute atomic E-state index is 0.260. The van der Waals surface area contributed by atoms with Crippen LogP contribution in [-0.4, -0.2) is 42.0 Å². The van der Waals surface area contributed by atoms with Gasteiger partial charge in [0.05, 0.1) is 5.52 Å². The first-order chi connectivity index (χ1) is 10.7. The third-order valence-corrected chi connectivity index (χ3v) is 4.14. The SMILES string of the molecule is CCCCC(=O)N1CCN(c2ccc3oc(=O)[nH]c3c2)CC1. The van der Waals surface area contributed by atoms with Gasteiger partial charge in [0.1, 0.15) is 0 Å². The first-order valence-corrected chi connectivity index (χ1v) is 7.83. The molecule has 1 aromatic heterocycles. The molecule has 0 saturated carbocycles. The van der Waals surface area contributed by atoms with Gasteiger partial charge in [0.2, 0.25) is 5.91 Å². The van der Waals surface area contributed by atoms with Crippen LogP contribution in [0.5, 0.6) is 0 Å². The number of anilines is 1. The lowest BCUT2D eigenvalue weighted by Gasteiger charge is -2.36. The van der Waals surface area contributed by atoms with Crippen molar-refractivity contribution in [1.29, 1.82) is 0 Å². The highest BCUT2D eigenvalue weighted by Crippen LogP contribution is 2.21. The summed E-state index contributed by atoms with van der Waals surface area (Å²) in [5.41, 5.74) is 2.33. The Labute approximate surface area is 128 Å². The molecule has 0 radical (unpaired) electrons. The van der Waals surface area contributed by atoms with Gasteiger partial charge in [0.15, 0.2) is 5.58 Å². The minimum atomic E-state index is -0.432. The molecule has 0 bridgehead atoms. The molecule has 1 N–H and O–H groups in total. The Morgan fingerprint density at radius 1 is 1.27 bits per heavy atom. The number of hydrogen-bond acceptors (Lipinski definition) is 4. The third-order valence-electron chi connectivity index (χ3n) is 4.14. The van der Waals surface area contributed by atoms with E-state index < -0.39 is 5.76 Å². The van der Waals surface area contributed by atoms with Crippen molar-refractivity contribution in [3.63, 3.8) is 0 Å². The van der Waals surface area contributed by atoms with Crippen molar-refractivity contribution in [2.45, 2.75) is 26.2 Å². The Hall–Kier alpha value is -2.24. The number of nitrogens with one attached hydrogen (secondary N) is 1. The van der Waals surface area contributed by atoms with Crippen LogP contribution in [0.4, 0.5) is 5.69 Å². The van der Waals surface area contributed by atoms with Crippen molar-refractivity contribution in [1.82, 2.24) is 9.88 Å². The lowest BCUT2D eigenvalue weighted by molar-refractivity contribution is -0.131. The van der Waals surface area contributed by atoms with E-state index in [4.69, 9.17) is 4.42 Å². The number of carbonyl (C=O) groups is 1. The molecule has 1 amide bonds. The zero-order valence-electron chi connectivity index (χ0n) is 12.8. The van der Waals surface area contributed by atoms with Crippen molar-refractivity contribution >= 4 is 22.7 Å². The lowest BCUT2D eigenvalue weighted by Crippen LogP contribution is -2.48. The first-order valence-electron chi connectivity index (χ1n) is 7.83. The van der Waals surface area contributed by atoms with Crippen LogP contribution in [0.15, 0.2) is 27.4 Å². The Morgan fingerprint density at radius 2 is 2.05 bits per heavy atom. The van der Waals surface area contributed by atoms with Gasteiger partial charge in [0.25, 0.3) is 0 Å². The first kappa shape index (κ1) is 14.7. The maximum atomic E-state index is 12.0. The van der Waals surface area contributed by atoms with Crippen LogP contribution >= 0.6 is 0 Å². The molecule has 0 spiro atoms. The second-order valence-electron chi connectivity index (χ2n) is 5.67. The summed E-state index contributed by atoms with van der Waals surface area (Å²) in [5.74, 6) is -0.172. The fourth-order valence-electron chi connectivity index (χ4n) is 2.84. The molecule has 22 heavy (non-hydrogen) atoms. The molecule has 6 heteroatoms. The molecule has 1 aliphatic rings. The molecule has 3 rings (SSSR count). The molecular weight excluding hydrogens is 282 g/mol. The summed E-state index contributed by atoms with van der Waals surface area (Å²) >= 11 is 0. The van der Waals surface area contributed by atoms with Crippen LogP contribution in [-0.2, 0) is 4.79 Å². The summed E-state index contributed by atoms with van der Waals surface area (Å²) in [6.45, 7) is 5.23. The van der Waals surface area contributed by atoms with E-state index in [9.17, 15) is 9.59 Å². The summed E-state index contributed by atoms with van der Waals surface area (Å²) in [6, 6.07) is 5.68. The Bertz CT molecular complexity index is 711. The quantitative estimate of drug-likeness (QED) is 0.937. The van der Waals surface area contributed by atoms with Gasteiger partial charge in [-0.1, -0.05) is 13.3 Å². The number of fused-ring (bicyclic) bond motifs is 1. The Morgan fingerprint density at radius 3 is 2.77 bits per heavy atom. The van der Waals surface area contributed by atoms with Crippen molar-refractivity contribution in [2.24, 2.45) is 0 Å². The number of carbonyl (C=O) groups excluding carboxylic acids is 1. The zero-order chi connectivity index (χ0) is 15.5. The molecule has 6 nitrogen and oxygen atoms in total. The van der Waals surface area contributed by atoms with Gasteiger partial charge in [0, 0.05) is 38.3 Å². The standard InChI is InChI=1S/C16H21N3O3/c1-2-3-4-15(20)19-9-7-18(8-10-19)12-5-6-14-13(11-12)17-16(21)22-14/h5-6,11H,2-4,7-10H2,1H3,(H,17,21). The molecule has 0 unspecified atom stereocenters. The van der Waals surface area contributed by atoms with Crippen LogP contribution in [0.25, 0.3) is 11.1 Å². The van der Waals surface area contributed by atoms with Crippen molar-refractivity contribution in [3.05, 3.63) is 28.7 Å². The molecule has 0 atom stereocenters. The topological polar surface area (TPSA) is 69.6 Å². The van der Waals surface area contributed by atoms with E-state index in [-0.39, 0.29) is 5.91 Å². The molecule has 1 fully saturated rings. The smallest absolute Gasteiger partial charge is 0.408 e. The number of aromatic amines is 1. The molecule has 1 aromatic carbocycles. The highest BCUT2D eigenvalue weighted by atomic mass is 16.4. The molecule has 1 aliphatic heterocycles. The number of benzene rings is 1. The number of hydrogen-bond donors (Lipinski definition) is 1. The van der Waals surface area contributed by atoms with Crippen LogP contribution in [0, 0.1) is 0 Å². The third kappa shape index (κ3) is 3.00. The van der Waals surface area contributed by atoms with Gasteiger partial charge < -0.3 is 14.2 Å². The number of unbranched alkanes of at least 4 members (excludes halogenated alkanes) is 1. The maximum Gasteiger partial charge on any atom is 0.417 e. The number of aromatic nitrogens is 1. The number of H-pyrrole nitrogens is 1. The average Bonchev–Trinajstić information content (AvgIpc) is 2.91. The molecular formula is C16H21N3O3. The van der Waals surface area contributed by atoms with Crippen LogP contribution in [0.2, 0.25) is 0 Å². The average molecular weight is 303 g/mol. The molecule has 118 valence electrons. The zero-order valence-corrected chi connectivity index (χ0v) is 12.8. The Kier molecular flexibility index (Phi) is 4.18. The van der Waals surface area contributed by atoms with Gasteiger partial charge >= 0.3 is 5.76 Å². The number of nitrogens with zero attached hydrogens (tertiary/aromatic N) is 2. The van der Waals surface area contributed by atoms with E-state index in [1.807, 2.05) is 17.0 Å². The lowest BCUT2D eigenvalue weighted by atomic mass is 10.2. The molecule has 2 aromatic rings. The second kappa shape index (κ2) is 6.25. The molecule has 1 saturated heterocycles.